The van der Waals surface area contributed by atoms with Gasteiger partial charge in [-0.3, -0.25) is 0 Å². The van der Waals surface area contributed by atoms with Crippen LogP contribution in [0.4, 0.5) is 0 Å². The van der Waals surface area contributed by atoms with Crippen molar-refractivity contribution in [2.45, 2.75) is 22.9 Å². The van der Waals surface area contributed by atoms with Gasteiger partial charge in [0.05, 0.1) is 0 Å². The van der Waals surface area contributed by atoms with Crippen molar-refractivity contribution in [3.05, 3.63) is 128 Å². The van der Waals surface area contributed by atoms with Gasteiger partial charge in [0.15, 0.2) is 0 Å². The molecule has 4 aliphatic rings. The monoisotopic (exact) mass is 452 g/mol. The number of hydrogen-bond donors (Lipinski definition) is 0. The van der Waals surface area contributed by atoms with Gasteiger partial charge in [-0.1, -0.05) is 73.8 Å². The summed E-state index contributed by atoms with van der Waals surface area (Å²) in [5.41, 5.74) is 2.98. The lowest BCUT2D eigenvalue weighted by atomic mass is 10.3. The van der Waals surface area contributed by atoms with E-state index in [0.29, 0.717) is 0 Å². The molecule has 31 heavy (non-hydrogen) atoms. The topological polar surface area (TPSA) is 0 Å². The Morgan fingerprint density at radius 2 is 1.00 bits per heavy atom. The Hall–Kier alpha value is -2.46. The molecule has 0 nitrogen and oxygen atoms in total. The van der Waals surface area contributed by atoms with Crippen LogP contribution >= 0.6 is 21.0 Å². The van der Waals surface area contributed by atoms with Gasteiger partial charge in [0, 0.05) is 19.6 Å². The minimum absolute atomic E-state index is 0.0436. The zero-order chi connectivity index (χ0) is 21.0. The van der Waals surface area contributed by atoms with E-state index in [1.54, 1.807) is 10.4 Å². The molecule has 0 bridgehead atoms. The summed E-state index contributed by atoms with van der Waals surface area (Å²) in [6.45, 7) is 5.10. The molecule has 2 unspecified atom stereocenters. The van der Waals surface area contributed by atoms with E-state index in [1.165, 1.54) is 30.7 Å². The molecule has 3 heteroatoms. The maximum Gasteiger partial charge on any atom is 0.115 e. The fourth-order valence-corrected chi connectivity index (χ4v) is 14.0. The molecule has 2 aromatic rings. The Labute approximate surface area is 190 Å². The van der Waals surface area contributed by atoms with Gasteiger partial charge in [-0.05, 0) is 68.7 Å². The summed E-state index contributed by atoms with van der Waals surface area (Å²) in [7, 11) is -1.79. The minimum Gasteiger partial charge on any atom is -0.123 e. The Morgan fingerprint density at radius 3 is 1.42 bits per heavy atom. The average Bonchev–Trinajstić information content (AvgIpc) is 3.55. The zero-order valence-electron chi connectivity index (χ0n) is 17.7. The molecule has 0 saturated carbocycles. The van der Waals surface area contributed by atoms with Crippen molar-refractivity contribution >= 4 is 39.8 Å². The molecular formula is C28H24S2Si. The first kappa shape index (κ1) is 19.2. The molecule has 0 fully saturated rings. The molecule has 2 atom stereocenters. The number of benzene rings is 2. The highest BCUT2D eigenvalue weighted by atomic mass is 32.2. The second kappa shape index (κ2) is 7.30. The molecule has 0 spiro atoms. The van der Waals surface area contributed by atoms with Gasteiger partial charge in [-0.15, -0.1) is 21.0 Å². The third-order valence-corrected chi connectivity index (χ3v) is 14.5. The zero-order valence-corrected chi connectivity index (χ0v) is 20.3. The van der Waals surface area contributed by atoms with Crippen LogP contribution in [0.1, 0.15) is 0 Å². The number of hydrogen-bond acceptors (Lipinski definition) is 0. The summed E-state index contributed by atoms with van der Waals surface area (Å²) < 4.78 is 0. The summed E-state index contributed by atoms with van der Waals surface area (Å²) in [5.74, 6) is 0. The highest BCUT2D eigenvalue weighted by Crippen LogP contribution is 2.53. The van der Waals surface area contributed by atoms with Crippen molar-refractivity contribution in [3.63, 3.8) is 0 Å². The maximum absolute atomic E-state index is 2.61. The molecule has 0 aromatic heterocycles. The van der Waals surface area contributed by atoms with E-state index < -0.39 is 8.07 Å². The first-order valence-corrected chi connectivity index (χ1v) is 16.3. The lowest BCUT2D eigenvalue weighted by Crippen LogP contribution is -2.34. The number of rotatable bonds is 4. The second-order valence-electron chi connectivity index (χ2n) is 8.60. The van der Waals surface area contributed by atoms with E-state index in [1.807, 2.05) is 0 Å². The Kier molecular flexibility index (Phi) is 4.53. The summed E-state index contributed by atoms with van der Waals surface area (Å²) in [6, 6.07) is 22.0. The first-order chi connectivity index (χ1) is 15.1. The quantitative estimate of drug-likeness (QED) is 0.332. The van der Waals surface area contributed by atoms with Crippen LogP contribution in [0, 0.1) is 0 Å². The molecule has 152 valence electrons. The molecular weight excluding hydrogens is 429 g/mol. The Balaban J connectivity index is 1.49. The molecule has 0 N–H and O–H groups in total. The average molecular weight is 453 g/mol. The summed E-state index contributed by atoms with van der Waals surface area (Å²) in [5, 5.41) is 8.43. The SMILES string of the molecule is C[Si](C)(C1=C2C=CC=C2S(c2ccccc2)=C1)C1=C2C=CC=C2S(c2ccccc2)=C1. The van der Waals surface area contributed by atoms with Crippen molar-refractivity contribution in [1.82, 2.24) is 0 Å². The van der Waals surface area contributed by atoms with Crippen LogP contribution in [0.3, 0.4) is 0 Å². The van der Waals surface area contributed by atoms with E-state index in [2.05, 4.69) is 121 Å². The minimum atomic E-state index is -1.88. The molecule has 0 saturated heterocycles. The van der Waals surface area contributed by atoms with E-state index >= 15 is 0 Å². The van der Waals surface area contributed by atoms with E-state index in [-0.39, 0.29) is 21.0 Å². The third-order valence-electron chi connectivity index (χ3n) is 6.42. The second-order valence-corrected chi connectivity index (χ2v) is 16.6. The van der Waals surface area contributed by atoms with Crippen LogP contribution in [-0.4, -0.2) is 18.8 Å². The third kappa shape index (κ3) is 2.99. The van der Waals surface area contributed by atoms with Crippen LogP contribution in [0.25, 0.3) is 0 Å². The van der Waals surface area contributed by atoms with Crippen LogP contribution in [0.5, 0.6) is 0 Å². The predicted molar refractivity (Wildman–Crippen MR) is 143 cm³/mol. The van der Waals surface area contributed by atoms with Crippen molar-refractivity contribution in [2.24, 2.45) is 0 Å². The molecule has 2 aliphatic heterocycles. The van der Waals surface area contributed by atoms with Crippen molar-refractivity contribution < 1.29 is 0 Å². The van der Waals surface area contributed by atoms with E-state index in [4.69, 9.17) is 0 Å². The van der Waals surface area contributed by atoms with Crippen LogP contribution in [0.15, 0.2) is 138 Å². The van der Waals surface area contributed by atoms with E-state index in [9.17, 15) is 0 Å². The molecule has 6 rings (SSSR count). The van der Waals surface area contributed by atoms with Gasteiger partial charge in [-0.2, -0.15) is 0 Å². The fourth-order valence-electron chi connectivity index (χ4n) is 4.76. The van der Waals surface area contributed by atoms with Crippen LogP contribution in [0.2, 0.25) is 13.1 Å². The lowest BCUT2D eigenvalue weighted by molar-refractivity contribution is 1.47. The summed E-state index contributed by atoms with van der Waals surface area (Å²) in [4.78, 5) is 5.86. The van der Waals surface area contributed by atoms with Crippen molar-refractivity contribution in [3.8, 4) is 0 Å². The predicted octanol–water partition coefficient (Wildman–Crippen LogP) is 7.56. The smallest absolute Gasteiger partial charge is 0.115 e. The largest absolute Gasteiger partial charge is 0.123 e. The molecule has 2 heterocycles. The molecule has 2 aromatic carbocycles. The highest BCUT2D eigenvalue weighted by Gasteiger charge is 2.40. The lowest BCUT2D eigenvalue weighted by Gasteiger charge is -2.25. The van der Waals surface area contributed by atoms with E-state index in [0.717, 1.165) is 0 Å². The summed E-state index contributed by atoms with van der Waals surface area (Å²) in [6.07, 6.45) is 13.9. The van der Waals surface area contributed by atoms with Crippen LogP contribution < -0.4 is 0 Å². The van der Waals surface area contributed by atoms with Gasteiger partial charge in [-0.25, -0.2) is 0 Å². The number of allylic oxidation sites excluding steroid dienone is 10. The van der Waals surface area contributed by atoms with Gasteiger partial charge in [0.2, 0.25) is 0 Å². The Morgan fingerprint density at radius 1 is 0.581 bits per heavy atom. The van der Waals surface area contributed by atoms with Crippen LogP contribution in [-0.2, 0) is 0 Å². The van der Waals surface area contributed by atoms with Crippen molar-refractivity contribution in [2.75, 3.05) is 0 Å². The van der Waals surface area contributed by atoms with Gasteiger partial charge in [0.25, 0.3) is 0 Å². The maximum atomic E-state index is 2.61. The number of fused-ring (bicyclic) bond motifs is 2. The highest BCUT2D eigenvalue weighted by molar-refractivity contribution is 8.19. The molecule has 2 aliphatic carbocycles. The molecule has 0 radical (unpaired) electrons. The normalized spacial score (nSPS) is 23.5. The fraction of sp³-hybridized carbons (Fsp3) is 0.0714. The Bertz CT molecular complexity index is 1250. The standard InChI is InChI=1S/C28H24S2Si/c1-31(2,27-19-29(21-11-5-3-6-12-21)25-17-9-15-23(25)27)28-20-30(22-13-7-4-8-14-22)26-18-10-16-24(26)28/h3-20H,1-2H3. The first-order valence-electron chi connectivity index (χ1n) is 10.7. The van der Waals surface area contributed by atoms with Gasteiger partial charge in [0.1, 0.15) is 8.07 Å². The van der Waals surface area contributed by atoms with Crippen molar-refractivity contribution in [1.29, 1.82) is 0 Å². The van der Waals surface area contributed by atoms with Gasteiger partial charge < -0.3 is 0 Å². The molecule has 0 amide bonds. The summed E-state index contributed by atoms with van der Waals surface area (Å²) >= 11 is 0. The van der Waals surface area contributed by atoms with Gasteiger partial charge >= 0.3 is 0 Å².